The molecule has 0 unspecified atom stereocenters. The van der Waals surface area contributed by atoms with Gasteiger partial charge in [-0.2, -0.15) is 5.10 Å². The van der Waals surface area contributed by atoms with Gasteiger partial charge >= 0.3 is 0 Å². The SMILES string of the molecule is Cn1cc(CSc2nnc(CN)n2C2CC2)cn1. The van der Waals surface area contributed by atoms with Crippen LogP contribution in [0.5, 0.6) is 0 Å². The smallest absolute Gasteiger partial charge is 0.191 e. The lowest BCUT2D eigenvalue weighted by atomic mass is 10.4. The minimum Gasteiger partial charge on any atom is -0.324 e. The second kappa shape index (κ2) is 4.74. The van der Waals surface area contributed by atoms with Gasteiger partial charge in [-0.05, 0) is 12.8 Å². The van der Waals surface area contributed by atoms with Crippen molar-refractivity contribution in [3.05, 3.63) is 23.8 Å². The Balaban J connectivity index is 1.74. The molecular formula is C11H16N6S. The lowest BCUT2D eigenvalue weighted by molar-refractivity contribution is 0.626. The van der Waals surface area contributed by atoms with E-state index >= 15 is 0 Å². The molecule has 2 N–H and O–H groups in total. The number of hydrogen-bond acceptors (Lipinski definition) is 5. The normalized spacial score (nSPS) is 15.2. The first kappa shape index (κ1) is 11.7. The summed E-state index contributed by atoms with van der Waals surface area (Å²) in [5.41, 5.74) is 6.89. The molecule has 0 saturated heterocycles. The van der Waals surface area contributed by atoms with E-state index in [1.807, 2.05) is 24.1 Å². The van der Waals surface area contributed by atoms with Crippen LogP contribution in [-0.4, -0.2) is 24.5 Å². The molecule has 1 saturated carbocycles. The lowest BCUT2D eigenvalue weighted by Crippen LogP contribution is -2.07. The van der Waals surface area contributed by atoms with Crippen LogP contribution in [0.1, 0.15) is 30.3 Å². The highest BCUT2D eigenvalue weighted by atomic mass is 32.2. The van der Waals surface area contributed by atoms with Crippen molar-refractivity contribution in [1.29, 1.82) is 0 Å². The Labute approximate surface area is 110 Å². The number of aromatic nitrogens is 5. The van der Waals surface area contributed by atoms with Crippen molar-refractivity contribution in [2.75, 3.05) is 0 Å². The van der Waals surface area contributed by atoms with Gasteiger partial charge in [0.1, 0.15) is 5.82 Å². The molecule has 0 bridgehead atoms. The van der Waals surface area contributed by atoms with Gasteiger partial charge in [0.2, 0.25) is 0 Å². The highest BCUT2D eigenvalue weighted by Crippen LogP contribution is 2.39. The molecular weight excluding hydrogens is 248 g/mol. The van der Waals surface area contributed by atoms with Gasteiger partial charge < -0.3 is 10.3 Å². The van der Waals surface area contributed by atoms with Crippen molar-refractivity contribution in [3.63, 3.8) is 0 Å². The molecule has 18 heavy (non-hydrogen) atoms. The number of nitrogens with zero attached hydrogens (tertiary/aromatic N) is 5. The summed E-state index contributed by atoms with van der Waals surface area (Å²) in [5, 5.41) is 13.5. The summed E-state index contributed by atoms with van der Waals surface area (Å²) in [4.78, 5) is 0. The molecule has 1 aliphatic rings. The third-order valence-corrected chi connectivity index (χ3v) is 3.97. The van der Waals surface area contributed by atoms with E-state index in [2.05, 4.69) is 19.9 Å². The summed E-state index contributed by atoms with van der Waals surface area (Å²) in [6.07, 6.45) is 6.33. The average Bonchev–Trinajstić information content (AvgIpc) is 2.99. The molecule has 2 aromatic rings. The number of aryl methyl sites for hydroxylation is 1. The van der Waals surface area contributed by atoms with E-state index in [4.69, 9.17) is 5.73 Å². The zero-order valence-electron chi connectivity index (χ0n) is 10.3. The molecule has 96 valence electrons. The summed E-state index contributed by atoms with van der Waals surface area (Å²) in [6, 6.07) is 0.565. The average molecular weight is 264 g/mol. The monoisotopic (exact) mass is 264 g/mol. The topological polar surface area (TPSA) is 74.6 Å². The van der Waals surface area contributed by atoms with E-state index in [1.165, 1.54) is 18.4 Å². The van der Waals surface area contributed by atoms with Crippen LogP contribution >= 0.6 is 11.8 Å². The first-order chi connectivity index (χ1) is 8.78. The molecule has 7 heteroatoms. The molecule has 0 aliphatic heterocycles. The third-order valence-electron chi connectivity index (χ3n) is 2.96. The van der Waals surface area contributed by atoms with Gasteiger partial charge in [-0.15, -0.1) is 10.2 Å². The van der Waals surface area contributed by atoms with Gasteiger partial charge in [0.05, 0.1) is 12.7 Å². The lowest BCUT2D eigenvalue weighted by Gasteiger charge is -2.06. The van der Waals surface area contributed by atoms with Crippen molar-refractivity contribution in [2.24, 2.45) is 12.8 Å². The van der Waals surface area contributed by atoms with Crippen molar-refractivity contribution in [3.8, 4) is 0 Å². The van der Waals surface area contributed by atoms with Crippen LogP contribution in [0.25, 0.3) is 0 Å². The van der Waals surface area contributed by atoms with Crippen LogP contribution < -0.4 is 5.73 Å². The summed E-state index contributed by atoms with van der Waals surface area (Å²) >= 11 is 1.70. The Kier molecular flexibility index (Phi) is 3.09. The summed E-state index contributed by atoms with van der Waals surface area (Å²) in [5.74, 6) is 1.76. The molecule has 0 aromatic carbocycles. The molecule has 2 aromatic heterocycles. The van der Waals surface area contributed by atoms with Crippen molar-refractivity contribution in [2.45, 2.75) is 36.3 Å². The highest BCUT2D eigenvalue weighted by molar-refractivity contribution is 7.98. The van der Waals surface area contributed by atoms with E-state index in [0.717, 1.165) is 16.7 Å². The maximum absolute atomic E-state index is 5.69. The van der Waals surface area contributed by atoms with Crippen LogP contribution in [-0.2, 0) is 19.3 Å². The number of thioether (sulfide) groups is 1. The molecule has 1 aliphatic carbocycles. The van der Waals surface area contributed by atoms with Crippen LogP contribution in [0, 0.1) is 0 Å². The molecule has 0 atom stereocenters. The Morgan fingerprint density at radius 3 is 2.89 bits per heavy atom. The number of nitrogens with two attached hydrogens (primary N) is 1. The minimum atomic E-state index is 0.455. The van der Waals surface area contributed by atoms with Crippen molar-refractivity contribution >= 4 is 11.8 Å². The van der Waals surface area contributed by atoms with Crippen molar-refractivity contribution in [1.82, 2.24) is 24.5 Å². The summed E-state index contributed by atoms with van der Waals surface area (Å²) in [7, 11) is 1.92. The quantitative estimate of drug-likeness (QED) is 0.818. The first-order valence-corrected chi connectivity index (χ1v) is 7.00. The maximum Gasteiger partial charge on any atom is 0.191 e. The van der Waals surface area contributed by atoms with Gasteiger partial charge in [0.15, 0.2) is 5.16 Å². The van der Waals surface area contributed by atoms with Gasteiger partial charge in [-0.25, -0.2) is 0 Å². The zero-order valence-corrected chi connectivity index (χ0v) is 11.1. The molecule has 6 nitrogen and oxygen atoms in total. The fourth-order valence-corrected chi connectivity index (χ4v) is 2.88. The summed E-state index contributed by atoms with van der Waals surface area (Å²) in [6.45, 7) is 0.455. The Morgan fingerprint density at radius 2 is 2.28 bits per heavy atom. The molecule has 0 spiro atoms. The largest absolute Gasteiger partial charge is 0.324 e. The second-order valence-corrected chi connectivity index (χ2v) is 5.46. The highest BCUT2D eigenvalue weighted by Gasteiger charge is 2.29. The third kappa shape index (κ3) is 2.28. The summed E-state index contributed by atoms with van der Waals surface area (Å²) < 4.78 is 4.01. The Hall–Kier alpha value is -1.34. The zero-order chi connectivity index (χ0) is 12.5. The van der Waals surface area contributed by atoms with Crippen LogP contribution in [0.3, 0.4) is 0 Å². The number of rotatable bonds is 5. The molecule has 0 amide bonds. The van der Waals surface area contributed by atoms with Crippen LogP contribution in [0.15, 0.2) is 17.6 Å². The predicted octanol–water partition coefficient (Wildman–Crippen LogP) is 1.10. The van der Waals surface area contributed by atoms with Crippen molar-refractivity contribution < 1.29 is 0 Å². The van der Waals surface area contributed by atoms with Gasteiger partial charge in [0.25, 0.3) is 0 Å². The minimum absolute atomic E-state index is 0.455. The van der Waals surface area contributed by atoms with Gasteiger partial charge in [-0.3, -0.25) is 4.68 Å². The molecule has 3 rings (SSSR count). The van der Waals surface area contributed by atoms with Crippen LogP contribution in [0.2, 0.25) is 0 Å². The first-order valence-electron chi connectivity index (χ1n) is 6.02. The van der Waals surface area contributed by atoms with E-state index in [0.29, 0.717) is 12.6 Å². The second-order valence-electron chi connectivity index (χ2n) is 4.52. The van der Waals surface area contributed by atoms with Gasteiger partial charge in [-0.1, -0.05) is 11.8 Å². The van der Waals surface area contributed by atoms with E-state index in [9.17, 15) is 0 Å². The fraction of sp³-hybridized carbons (Fsp3) is 0.545. The molecule has 2 heterocycles. The fourth-order valence-electron chi connectivity index (χ4n) is 1.94. The molecule has 1 fully saturated rings. The van der Waals surface area contributed by atoms with Crippen LogP contribution in [0.4, 0.5) is 0 Å². The standard InChI is InChI=1S/C11H16N6S/c1-16-6-8(5-13-16)7-18-11-15-14-10(4-12)17(11)9-2-3-9/h5-6,9H,2-4,7,12H2,1H3. The number of hydrogen-bond donors (Lipinski definition) is 1. The van der Waals surface area contributed by atoms with E-state index in [1.54, 1.807) is 11.8 Å². The molecule has 0 radical (unpaired) electrons. The Morgan fingerprint density at radius 1 is 1.44 bits per heavy atom. The Bertz CT molecular complexity index is 541. The maximum atomic E-state index is 5.69. The predicted molar refractivity (Wildman–Crippen MR) is 69.0 cm³/mol. The van der Waals surface area contributed by atoms with E-state index < -0.39 is 0 Å². The van der Waals surface area contributed by atoms with E-state index in [-0.39, 0.29) is 0 Å². The van der Waals surface area contributed by atoms with Gasteiger partial charge in [0, 0.05) is 30.6 Å².